The lowest BCUT2D eigenvalue weighted by atomic mass is 9.72. The summed E-state index contributed by atoms with van der Waals surface area (Å²) in [6, 6.07) is 10.4. The summed E-state index contributed by atoms with van der Waals surface area (Å²) >= 11 is 0. The van der Waals surface area contributed by atoms with Gasteiger partial charge in [0.15, 0.2) is 0 Å². The summed E-state index contributed by atoms with van der Waals surface area (Å²) in [6.45, 7) is 1.90. The first-order valence-corrected chi connectivity index (χ1v) is 7.38. The summed E-state index contributed by atoms with van der Waals surface area (Å²) < 4.78 is 5.11. The SMILES string of the molecule is COC(=O)[C@]1(c2ccccc2)C[C@@H]2CCCN[C@@H]2CN1. The Morgan fingerprint density at radius 1 is 1.35 bits per heavy atom. The highest BCUT2D eigenvalue weighted by atomic mass is 16.5. The smallest absolute Gasteiger partial charge is 0.330 e. The zero-order valence-corrected chi connectivity index (χ0v) is 11.9. The van der Waals surface area contributed by atoms with E-state index in [0.29, 0.717) is 12.0 Å². The minimum atomic E-state index is -0.684. The van der Waals surface area contributed by atoms with Gasteiger partial charge >= 0.3 is 5.97 Å². The molecule has 0 amide bonds. The molecule has 3 atom stereocenters. The Morgan fingerprint density at radius 2 is 2.15 bits per heavy atom. The van der Waals surface area contributed by atoms with Crippen molar-refractivity contribution in [1.82, 2.24) is 10.6 Å². The van der Waals surface area contributed by atoms with Gasteiger partial charge in [0.1, 0.15) is 5.54 Å². The number of esters is 1. The van der Waals surface area contributed by atoms with Crippen LogP contribution in [0.5, 0.6) is 0 Å². The molecule has 0 bridgehead atoms. The van der Waals surface area contributed by atoms with Gasteiger partial charge in [-0.3, -0.25) is 5.32 Å². The van der Waals surface area contributed by atoms with Crippen molar-refractivity contribution >= 4 is 5.97 Å². The summed E-state index contributed by atoms with van der Waals surface area (Å²) in [4.78, 5) is 12.5. The Balaban J connectivity index is 1.93. The van der Waals surface area contributed by atoms with Crippen LogP contribution in [0.3, 0.4) is 0 Å². The van der Waals surface area contributed by atoms with Crippen LogP contribution in [0, 0.1) is 5.92 Å². The summed E-state index contributed by atoms with van der Waals surface area (Å²) in [5.41, 5.74) is 0.326. The fraction of sp³-hybridized carbons (Fsp3) is 0.562. The third-order valence-corrected chi connectivity index (χ3v) is 4.72. The topological polar surface area (TPSA) is 50.4 Å². The minimum absolute atomic E-state index is 0.173. The van der Waals surface area contributed by atoms with Crippen molar-refractivity contribution in [2.24, 2.45) is 5.92 Å². The molecular formula is C16H22N2O2. The number of ether oxygens (including phenoxy) is 1. The number of benzene rings is 1. The maximum atomic E-state index is 12.5. The molecule has 1 aromatic rings. The molecule has 108 valence electrons. The van der Waals surface area contributed by atoms with E-state index < -0.39 is 5.54 Å². The summed E-state index contributed by atoms with van der Waals surface area (Å²) in [7, 11) is 1.47. The molecule has 4 nitrogen and oxygen atoms in total. The number of nitrogens with one attached hydrogen (secondary N) is 2. The quantitative estimate of drug-likeness (QED) is 0.801. The van der Waals surface area contributed by atoms with E-state index in [1.165, 1.54) is 20.0 Å². The number of methoxy groups -OCH3 is 1. The van der Waals surface area contributed by atoms with E-state index in [1.54, 1.807) is 0 Å². The van der Waals surface area contributed by atoms with Crippen LogP contribution in [-0.4, -0.2) is 32.2 Å². The van der Waals surface area contributed by atoms with Crippen molar-refractivity contribution < 1.29 is 9.53 Å². The molecule has 2 aliphatic rings. The van der Waals surface area contributed by atoms with Crippen LogP contribution in [0.1, 0.15) is 24.8 Å². The average molecular weight is 274 g/mol. The van der Waals surface area contributed by atoms with Crippen LogP contribution in [0.4, 0.5) is 0 Å². The molecular weight excluding hydrogens is 252 g/mol. The molecule has 0 unspecified atom stereocenters. The molecule has 2 heterocycles. The Morgan fingerprint density at radius 3 is 2.90 bits per heavy atom. The molecule has 0 aliphatic carbocycles. The van der Waals surface area contributed by atoms with Gasteiger partial charge in [0, 0.05) is 12.6 Å². The number of fused-ring (bicyclic) bond motifs is 1. The van der Waals surface area contributed by atoms with E-state index in [4.69, 9.17) is 4.74 Å². The third-order valence-electron chi connectivity index (χ3n) is 4.72. The second kappa shape index (κ2) is 5.54. The van der Waals surface area contributed by atoms with Crippen molar-refractivity contribution in [3.8, 4) is 0 Å². The normalized spacial score (nSPS) is 33.2. The first-order chi connectivity index (χ1) is 9.76. The number of rotatable bonds is 2. The molecule has 0 aromatic heterocycles. The highest BCUT2D eigenvalue weighted by molar-refractivity contribution is 5.82. The highest BCUT2D eigenvalue weighted by Gasteiger charge is 2.48. The molecule has 1 aromatic carbocycles. The zero-order valence-electron chi connectivity index (χ0n) is 11.9. The number of hydrogen-bond donors (Lipinski definition) is 2. The number of hydrogen-bond acceptors (Lipinski definition) is 4. The van der Waals surface area contributed by atoms with Gasteiger partial charge in [0.2, 0.25) is 0 Å². The lowest BCUT2D eigenvalue weighted by Gasteiger charge is -2.46. The third kappa shape index (κ3) is 2.23. The summed E-state index contributed by atoms with van der Waals surface area (Å²) in [5, 5.41) is 7.01. The zero-order chi connectivity index (χ0) is 14.0. The molecule has 2 aliphatic heterocycles. The van der Waals surface area contributed by atoms with E-state index in [-0.39, 0.29) is 5.97 Å². The van der Waals surface area contributed by atoms with Crippen LogP contribution in [0.25, 0.3) is 0 Å². The Hall–Kier alpha value is -1.39. The standard InChI is InChI=1S/C16H22N2O2/c1-20-15(19)16(13-7-3-2-4-8-13)10-12-6-5-9-17-14(12)11-18-16/h2-4,7-8,12,14,17-18H,5-6,9-11H2,1H3/t12-,14+,16+/m0/s1. The Kier molecular flexibility index (Phi) is 3.76. The molecule has 2 fully saturated rings. The molecule has 4 heteroatoms. The van der Waals surface area contributed by atoms with E-state index in [1.807, 2.05) is 30.3 Å². The number of piperidine rings is 2. The van der Waals surface area contributed by atoms with Gasteiger partial charge in [-0.25, -0.2) is 4.79 Å². The van der Waals surface area contributed by atoms with Crippen LogP contribution in [0.15, 0.2) is 30.3 Å². The lowest BCUT2D eigenvalue weighted by molar-refractivity contribution is -0.151. The largest absolute Gasteiger partial charge is 0.467 e. The lowest BCUT2D eigenvalue weighted by Crippen LogP contribution is -2.63. The summed E-state index contributed by atoms with van der Waals surface area (Å²) in [6.07, 6.45) is 3.18. The fourth-order valence-corrected chi connectivity index (χ4v) is 3.64. The molecule has 0 saturated carbocycles. The van der Waals surface area contributed by atoms with Gasteiger partial charge in [-0.05, 0) is 37.3 Å². The van der Waals surface area contributed by atoms with Crippen LogP contribution >= 0.6 is 0 Å². The molecule has 20 heavy (non-hydrogen) atoms. The first kappa shape index (κ1) is 13.6. The van der Waals surface area contributed by atoms with Crippen LogP contribution < -0.4 is 10.6 Å². The molecule has 0 radical (unpaired) electrons. The van der Waals surface area contributed by atoms with Gasteiger partial charge in [0.25, 0.3) is 0 Å². The molecule has 2 saturated heterocycles. The second-order valence-electron chi connectivity index (χ2n) is 5.81. The Bertz CT molecular complexity index is 477. The number of carbonyl (C=O) groups excluding carboxylic acids is 1. The Labute approximate surface area is 119 Å². The van der Waals surface area contributed by atoms with E-state index in [0.717, 1.165) is 25.1 Å². The van der Waals surface area contributed by atoms with Crippen LogP contribution in [-0.2, 0) is 15.1 Å². The first-order valence-electron chi connectivity index (χ1n) is 7.38. The van der Waals surface area contributed by atoms with E-state index >= 15 is 0 Å². The minimum Gasteiger partial charge on any atom is -0.467 e. The average Bonchev–Trinajstić information content (AvgIpc) is 2.54. The van der Waals surface area contributed by atoms with Crippen molar-refractivity contribution in [2.75, 3.05) is 20.2 Å². The van der Waals surface area contributed by atoms with Crippen molar-refractivity contribution in [3.05, 3.63) is 35.9 Å². The maximum Gasteiger partial charge on any atom is 0.330 e. The van der Waals surface area contributed by atoms with Crippen LogP contribution in [0.2, 0.25) is 0 Å². The van der Waals surface area contributed by atoms with Crippen molar-refractivity contribution in [3.63, 3.8) is 0 Å². The van der Waals surface area contributed by atoms with Gasteiger partial charge in [0.05, 0.1) is 7.11 Å². The fourth-order valence-electron chi connectivity index (χ4n) is 3.64. The molecule has 2 N–H and O–H groups in total. The summed E-state index contributed by atoms with van der Waals surface area (Å²) in [5.74, 6) is 0.358. The van der Waals surface area contributed by atoms with Gasteiger partial charge in [-0.2, -0.15) is 0 Å². The second-order valence-corrected chi connectivity index (χ2v) is 5.81. The van der Waals surface area contributed by atoms with Gasteiger partial charge in [-0.1, -0.05) is 30.3 Å². The van der Waals surface area contributed by atoms with E-state index in [9.17, 15) is 4.79 Å². The van der Waals surface area contributed by atoms with Gasteiger partial charge < -0.3 is 10.1 Å². The predicted octanol–water partition coefficient (Wildman–Crippen LogP) is 1.42. The number of carbonyl (C=O) groups is 1. The molecule has 0 spiro atoms. The predicted molar refractivity (Wildman–Crippen MR) is 77.3 cm³/mol. The maximum absolute atomic E-state index is 12.5. The van der Waals surface area contributed by atoms with Crippen molar-refractivity contribution in [2.45, 2.75) is 30.8 Å². The highest BCUT2D eigenvalue weighted by Crippen LogP contribution is 2.37. The van der Waals surface area contributed by atoms with Gasteiger partial charge in [-0.15, -0.1) is 0 Å². The van der Waals surface area contributed by atoms with Crippen molar-refractivity contribution in [1.29, 1.82) is 0 Å². The molecule has 3 rings (SSSR count). The monoisotopic (exact) mass is 274 g/mol. The van der Waals surface area contributed by atoms with E-state index in [2.05, 4.69) is 10.6 Å².